The van der Waals surface area contributed by atoms with E-state index >= 15 is 0 Å². The largest absolute Gasteiger partial charge is 0.298 e. The number of nitrogens with zero attached hydrogens (tertiary/aromatic N) is 2. The molecule has 0 amide bonds. The summed E-state index contributed by atoms with van der Waals surface area (Å²) in [6.45, 7) is 0. The number of hydrogen-bond acceptors (Lipinski definition) is 4. The molecule has 112 valence electrons. The highest BCUT2D eigenvalue weighted by Gasteiger charge is 2.47. The number of rotatable bonds is 4. The van der Waals surface area contributed by atoms with Crippen molar-refractivity contribution in [2.45, 2.75) is 38.5 Å². The molecule has 0 aromatic heterocycles. The van der Waals surface area contributed by atoms with Crippen LogP contribution in [0.25, 0.3) is 0 Å². The summed E-state index contributed by atoms with van der Waals surface area (Å²) >= 11 is 0. The third kappa shape index (κ3) is 3.07. The molecule has 1 fully saturated rings. The van der Waals surface area contributed by atoms with Gasteiger partial charge in [-0.3, -0.25) is 9.59 Å². The lowest BCUT2D eigenvalue weighted by molar-refractivity contribution is -0.127. The summed E-state index contributed by atoms with van der Waals surface area (Å²) in [5.74, 6) is -1.26. The molecule has 4 heteroatoms. The third-order valence-corrected chi connectivity index (χ3v) is 4.41. The van der Waals surface area contributed by atoms with Crippen molar-refractivity contribution >= 4 is 11.6 Å². The molecule has 0 aliphatic heterocycles. The van der Waals surface area contributed by atoms with E-state index < -0.39 is 11.3 Å². The second kappa shape index (κ2) is 7.00. The van der Waals surface area contributed by atoms with Gasteiger partial charge in [0.25, 0.3) is 0 Å². The topological polar surface area (TPSA) is 81.7 Å². The van der Waals surface area contributed by atoms with E-state index in [2.05, 4.69) is 12.1 Å². The van der Waals surface area contributed by atoms with Gasteiger partial charge < -0.3 is 0 Å². The highest BCUT2D eigenvalue weighted by atomic mass is 16.1. The van der Waals surface area contributed by atoms with Crippen LogP contribution in [0.4, 0.5) is 0 Å². The Balaban J connectivity index is 2.26. The van der Waals surface area contributed by atoms with Crippen LogP contribution in [0.15, 0.2) is 30.3 Å². The molecule has 1 aromatic carbocycles. The van der Waals surface area contributed by atoms with Gasteiger partial charge >= 0.3 is 0 Å². The van der Waals surface area contributed by atoms with E-state index in [-0.39, 0.29) is 18.0 Å². The van der Waals surface area contributed by atoms with E-state index in [0.717, 1.165) is 19.3 Å². The maximum absolute atomic E-state index is 12.4. The summed E-state index contributed by atoms with van der Waals surface area (Å²) in [4.78, 5) is 24.7. The molecule has 0 N–H and O–H groups in total. The van der Waals surface area contributed by atoms with Crippen LogP contribution >= 0.6 is 0 Å². The number of carbonyl (C=O) groups excluding carboxylic acids is 2. The van der Waals surface area contributed by atoms with Gasteiger partial charge in [-0.2, -0.15) is 10.5 Å². The van der Waals surface area contributed by atoms with Gasteiger partial charge in [0.2, 0.25) is 0 Å². The molecule has 0 heterocycles. The van der Waals surface area contributed by atoms with Gasteiger partial charge in [0.15, 0.2) is 11.6 Å². The van der Waals surface area contributed by atoms with Gasteiger partial charge in [-0.05, 0) is 12.8 Å². The van der Waals surface area contributed by atoms with Crippen molar-refractivity contribution in [3.63, 3.8) is 0 Å². The fourth-order valence-corrected chi connectivity index (χ4v) is 3.05. The first kappa shape index (κ1) is 15.9. The van der Waals surface area contributed by atoms with Crippen LogP contribution in [0, 0.1) is 34.0 Å². The molecule has 0 saturated heterocycles. The van der Waals surface area contributed by atoms with Crippen molar-refractivity contribution in [2.75, 3.05) is 0 Å². The lowest BCUT2D eigenvalue weighted by Crippen LogP contribution is -2.37. The van der Waals surface area contributed by atoms with E-state index in [1.54, 1.807) is 24.3 Å². The average Bonchev–Trinajstić information content (AvgIpc) is 2.75. The minimum atomic E-state index is -1.32. The van der Waals surface area contributed by atoms with Crippen molar-refractivity contribution < 1.29 is 9.59 Å². The fourth-order valence-electron chi connectivity index (χ4n) is 3.05. The minimum absolute atomic E-state index is 0.0835. The lowest BCUT2D eigenvalue weighted by atomic mass is 9.68. The highest BCUT2D eigenvalue weighted by molar-refractivity contribution is 5.97. The summed E-state index contributed by atoms with van der Waals surface area (Å²) in [6.07, 6.45) is 3.01. The van der Waals surface area contributed by atoms with E-state index in [9.17, 15) is 20.1 Å². The quantitative estimate of drug-likeness (QED) is 0.629. The minimum Gasteiger partial charge on any atom is -0.298 e. The summed E-state index contributed by atoms with van der Waals surface area (Å²) < 4.78 is 0. The van der Waals surface area contributed by atoms with Gasteiger partial charge in [-0.1, -0.05) is 43.2 Å². The zero-order valence-electron chi connectivity index (χ0n) is 12.4. The predicted octanol–water partition coefficient (Wildman–Crippen LogP) is 3.44. The van der Waals surface area contributed by atoms with Crippen LogP contribution in [-0.4, -0.2) is 11.6 Å². The maximum atomic E-state index is 12.4. The maximum Gasteiger partial charge on any atom is 0.164 e. The van der Waals surface area contributed by atoms with Gasteiger partial charge in [-0.15, -0.1) is 0 Å². The van der Waals surface area contributed by atoms with Gasteiger partial charge in [-0.25, -0.2) is 0 Å². The zero-order chi connectivity index (χ0) is 16.0. The van der Waals surface area contributed by atoms with Crippen LogP contribution in [0.3, 0.4) is 0 Å². The van der Waals surface area contributed by atoms with Crippen molar-refractivity contribution in [1.29, 1.82) is 10.5 Å². The van der Waals surface area contributed by atoms with E-state index in [4.69, 9.17) is 0 Å². The summed E-state index contributed by atoms with van der Waals surface area (Å²) in [5, 5.41) is 19.1. The Hall–Kier alpha value is -2.46. The molecule has 1 aliphatic carbocycles. The lowest BCUT2D eigenvalue weighted by Gasteiger charge is -2.27. The summed E-state index contributed by atoms with van der Waals surface area (Å²) in [7, 11) is 0. The van der Waals surface area contributed by atoms with Crippen LogP contribution in [0.2, 0.25) is 0 Å². The smallest absolute Gasteiger partial charge is 0.164 e. The summed E-state index contributed by atoms with van der Waals surface area (Å²) in [6, 6.07) is 12.8. The van der Waals surface area contributed by atoms with Gasteiger partial charge in [0.1, 0.15) is 5.41 Å². The molecular formula is C18H18N2O2. The first-order valence-electron chi connectivity index (χ1n) is 7.56. The Bertz CT molecular complexity index is 639. The van der Waals surface area contributed by atoms with Crippen molar-refractivity contribution in [2.24, 2.45) is 11.3 Å². The number of carbonyl (C=O) groups is 2. The molecule has 4 nitrogen and oxygen atoms in total. The van der Waals surface area contributed by atoms with Crippen LogP contribution in [0.5, 0.6) is 0 Å². The van der Waals surface area contributed by atoms with Crippen LogP contribution in [0.1, 0.15) is 48.9 Å². The number of hydrogen-bond donors (Lipinski definition) is 0. The molecule has 0 unspecified atom stereocenters. The highest BCUT2D eigenvalue weighted by Crippen LogP contribution is 2.40. The third-order valence-electron chi connectivity index (χ3n) is 4.41. The monoisotopic (exact) mass is 294 g/mol. The van der Waals surface area contributed by atoms with Crippen molar-refractivity contribution in [3.05, 3.63) is 35.9 Å². The van der Waals surface area contributed by atoms with E-state index in [1.807, 2.05) is 6.07 Å². The average molecular weight is 294 g/mol. The first-order valence-corrected chi connectivity index (χ1v) is 7.56. The standard InChI is InChI=1S/C18H18N2O2/c19-12-15(11-16(21)14-7-3-1-4-8-14)18(13-20)10-6-2-5-9-17(18)22/h1,3-4,7-8,15H,2,5-6,9-11H2/t15-,18-/m1/s1. The van der Waals surface area contributed by atoms with Crippen molar-refractivity contribution in [3.8, 4) is 12.1 Å². The Kier molecular flexibility index (Phi) is 5.07. The molecule has 2 rings (SSSR count). The van der Waals surface area contributed by atoms with Crippen LogP contribution < -0.4 is 0 Å². The first-order chi connectivity index (χ1) is 10.6. The van der Waals surface area contributed by atoms with E-state index in [0.29, 0.717) is 18.4 Å². The Morgan fingerprint density at radius 1 is 1.18 bits per heavy atom. The zero-order valence-corrected chi connectivity index (χ0v) is 12.4. The molecule has 0 radical (unpaired) electrons. The summed E-state index contributed by atoms with van der Waals surface area (Å²) in [5.41, 5.74) is -0.813. The number of benzene rings is 1. The molecular weight excluding hydrogens is 276 g/mol. The Morgan fingerprint density at radius 2 is 1.91 bits per heavy atom. The molecule has 22 heavy (non-hydrogen) atoms. The molecule has 0 bridgehead atoms. The molecule has 1 aliphatic rings. The molecule has 0 spiro atoms. The van der Waals surface area contributed by atoms with E-state index in [1.165, 1.54) is 0 Å². The molecule has 2 atom stereocenters. The molecule has 1 aromatic rings. The Labute approximate surface area is 130 Å². The number of ketones is 2. The van der Waals surface area contributed by atoms with Gasteiger partial charge in [0, 0.05) is 18.4 Å². The number of Topliss-reactive ketones (excluding diaryl/α,β-unsaturated/α-hetero) is 2. The Morgan fingerprint density at radius 3 is 2.55 bits per heavy atom. The number of nitriles is 2. The van der Waals surface area contributed by atoms with Gasteiger partial charge in [0.05, 0.1) is 18.1 Å². The van der Waals surface area contributed by atoms with Crippen molar-refractivity contribution in [1.82, 2.24) is 0 Å². The SMILES string of the molecule is N#C[C@@H](CC(=O)c1ccccc1)[C@]1(C#N)CCCCCC1=O. The fraction of sp³-hybridized carbons (Fsp3) is 0.444. The second-order valence-electron chi connectivity index (χ2n) is 5.74. The second-order valence-corrected chi connectivity index (χ2v) is 5.74. The molecule has 1 saturated carbocycles. The van der Waals surface area contributed by atoms with Crippen LogP contribution in [-0.2, 0) is 4.79 Å². The predicted molar refractivity (Wildman–Crippen MR) is 80.6 cm³/mol. The normalized spacial score (nSPS) is 22.9.